The van der Waals surface area contributed by atoms with Gasteiger partial charge in [0.15, 0.2) is 0 Å². The molecule has 2 fully saturated rings. The number of nitrogens with zero attached hydrogens (tertiary/aromatic N) is 2. The van der Waals surface area contributed by atoms with Gasteiger partial charge in [0.1, 0.15) is 10.6 Å². The van der Waals surface area contributed by atoms with Crippen molar-refractivity contribution in [2.75, 3.05) is 26.2 Å². The highest BCUT2D eigenvalue weighted by molar-refractivity contribution is 7.89. The molecule has 5 nitrogen and oxygen atoms in total. The molecule has 2 saturated heterocycles. The largest absolute Gasteiger partial charge is 0.433 e. The van der Waals surface area contributed by atoms with Gasteiger partial charge in [-0.1, -0.05) is 0 Å². The summed E-state index contributed by atoms with van der Waals surface area (Å²) in [7, 11) is -3.77. The summed E-state index contributed by atoms with van der Waals surface area (Å²) in [6.45, 7) is 3.65. The minimum absolute atomic E-state index is 0.0142. The van der Waals surface area contributed by atoms with Crippen LogP contribution in [0.3, 0.4) is 0 Å². The number of halogens is 3. The lowest BCUT2D eigenvalue weighted by Gasteiger charge is -2.55. The molecule has 0 radical (unpaired) electrons. The number of pyridine rings is 1. The number of nitrogens with one attached hydrogen (secondary N) is 1. The van der Waals surface area contributed by atoms with E-state index >= 15 is 0 Å². The van der Waals surface area contributed by atoms with Crippen molar-refractivity contribution < 1.29 is 21.6 Å². The van der Waals surface area contributed by atoms with Crippen molar-refractivity contribution in [1.29, 1.82) is 0 Å². The molecule has 2 aliphatic rings. The van der Waals surface area contributed by atoms with E-state index in [1.807, 2.05) is 0 Å². The van der Waals surface area contributed by atoms with E-state index in [9.17, 15) is 21.6 Å². The second-order valence-corrected chi connectivity index (χ2v) is 7.56. The second kappa shape index (κ2) is 4.40. The number of alkyl halides is 3. The Morgan fingerprint density at radius 3 is 2.33 bits per heavy atom. The van der Waals surface area contributed by atoms with Gasteiger partial charge in [0.25, 0.3) is 0 Å². The first-order chi connectivity index (χ1) is 9.64. The number of hydrogen-bond acceptors (Lipinski definition) is 4. The topological polar surface area (TPSA) is 62.3 Å². The molecule has 0 aliphatic carbocycles. The lowest BCUT2D eigenvalue weighted by Crippen LogP contribution is -2.71. The minimum Gasteiger partial charge on any atom is -0.315 e. The van der Waals surface area contributed by atoms with Gasteiger partial charge in [-0.2, -0.15) is 17.5 Å². The Morgan fingerprint density at radius 2 is 1.90 bits per heavy atom. The van der Waals surface area contributed by atoms with Crippen LogP contribution in [0, 0.1) is 12.3 Å². The summed E-state index contributed by atoms with van der Waals surface area (Å²) in [5.41, 5.74) is -1.19. The lowest BCUT2D eigenvalue weighted by molar-refractivity contribution is -0.141. The smallest absolute Gasteiger partial charge is 0.315 e. The zero-order chi connectivity index (χ0) is 15.5. The molecule has 3 heterocycles. The van der Waals surface area contributed by atoms with Crippen LogP contribution in [0.2, 0.25) is 0 Å². The summed E-state index contributed by atoms with van der Waals surface area (Å²) in [5, 5.41) is 3.09. The van der Waals surface area contributed by atoms with Crippen molar-refractivity contribution >= 4 is 10.0 Å². The van der Waals surface area contributed by atoms with Crippen LogP contribution in [0.4, 0.5) is 13.2 Å². The highest BCUT2D eigenvalue weighted by Crippen LogP contribution is 2.38. The third-order valence-corrected chi connectivity index (χ3v) is 5.89. The maximum absolute atomic E-state index is 12.6. The molecule has 0 saturated carbocycles. The van der Waals surface area contributed by atoms with Crippen molar-refractivity contribution in [2.45, 2.75) is 18.0 Å². The number of rotatable bonds is 2. The highest BCUT2D eigenvalue weighted by Gasteiger charge is 2.52. The first kappa shape index (κ1) is 14.7. The number of hydrogen-bond donors (Lipinski definition) is 1. The van der Waals surface area contributed by atoms with Crippen molar-refractivity contribution in [3.8, 4) is 0 Å². The molecule has 1 spiro atoms. The van der Waals surface area contributed by atoms with E-state index in [1.165, 1.54) is 11.2 Å². The molecule has 9 heteroatoms. The summed E-state index contributed by atoms with van der Waals surface area (Å²) < 4.78 is 63.8. The Bertz CT molecular complexity index is 675. The van der Waals surface area contributed by atoms with Crippen LogP contribution in [0.5, 0.6) is 0 Å². The molecule has 0 atom stereocenters. The molecule has 3 rings (SSSR count). The second-order valence-electron chi connectivity index (χ2n) is 5.65. The van der Waals surface area contributed by atoms with E-state index in [2.05, 4.69) is 10.3 Å². The fourth-order valence-electron chi connectivity index (χ4n) is 2.69. The minimum atomic E-state index is -4.58. The first-order valence-corrected chi connectivity index (χ1v) is 7.84. The van der Waals surface area contributed by atoms with E-state index in [0.717, 1.165) is 19.2 Å². The summed E-state index contributed by atoms with van der Waals surface area (Å²) >= 11 is 0. The quantitative estimate of drug-likeness (QED) is 0.883. The Kier molecular flexibility index (Phi) is 3.09. The van der Waals surface area contributed by atoms with Gasteiger partial charge in [-0.15, -0.1) is 0 Å². The predicted molar refractivity (Wildman–Crippen MR) is 68.0 cm³/mol. The normalized spacial score (nSPS) is 21.9. The maximum Gasteiger partial charge on any atom is 0.433 e. The number of aromatic nitrogens is 1. The summed E-state index contributed by atoms with van der Waals surface area (Å²) in [5.74, 6) is 0. The predicted octanol–water partition coefficient (Wildman–Crippen LogP) is 1.00. The Hall–Kier alpha value is -1.19. The van der Waals surface area contributed by atoms with Crippen LogP contribution in [0.15, 0.2) is 17.0 Å². The van der Waals surface area contributed by atoms with Crippen molar-refractivity contribution in [1.82, 2.24) is 14.6 Å². The summed E-state index contributed by atoms with van der Waals surface area (Å²) in [6, 6.07) is 1.70. The van der Waals surface area contributed by atoms with Crippen molar-refractivity contribution in [3.05, 3.63) is 23.5 Å². The summed E-state index contributed by atoms with van der Waals surface area (Å²) in [4.78, 5) is 3.22. The van der Waals surface area contributed by atoms with Crippen molar-refractivity contribution in [3.63, 3.8) is 0 Å². The average Bonchev–Trinajstić information content (AvgIpc) is 2.22. The van der Waals surface area contributed by atoms with E-state index in [1.54, 1.807) is 0 Å². The molecule has 0 unspecified atom stereocenters. The molecule has 1 aromatic heterocycles. The van der Waals surface area contributed by atoms with Gasteiger partial charge in [-0.05, 0) is 19.1 Å². The van der Waals surface area contributed by atoms with Gasteiger partial charge in [0.2, 0.25) is 10.0 Å². The fraction of sp³-hybridized carbons (Fsp3) is 0.583. The van der Waals surface area contributed by atoms with E-state index in [4.69, 9.17) is 0 Å². The SMILES string of the molecule is Cc1nc(C(F)(F)F)ccc1S(=O)(=O)N1CC2(CNC2)C1. The Morgan fingerprint density at radius 1 is 1.29 bits per heavy atom. The van der Waals surface area contributed by atoms with Crippen LogP contribution in [0.25, 0.3) is 0 Å². The zero-order valence-electron chi connectivity index (χ0n) is 11.2. The van der Waals surface area contributed by atoms with Gasteiger partial charge in [-0.3, -0.25) is 0 Å². The molecule has 0 bridgehead atoms. The van der Waals surface area contributed by atoms with Gasteiger partial charge in [0, 0.05) is 31.6 Å². The average molecular weight is 321 g/mol. The molecular weight excluding hydrogens is 307 g/mol. The lowest BCUT2D eigenvalue weighted by atomic mass is 9.76. The highest BCUT2D eigenvalue weighted by atomic mass is 32.2. The van der Waals surface area contributed by atoms with Crippen LogP contribution in [-0.2, 0) is 16.2 Å². The molecular formula is C12H14F3N3O2S. The standard InChI is InChI=1S/C12H14F3N3O2S/c1-8-9(2-3-10(17-8)12(13,14)15)21(19,20)18-6-11(7-18)4-16-5-11/h2-3,16H,4-7H2,1H3. The third-order valence-electron chi connectivity index (χ3n) is 3.97. The monoisotopic (exact) mass is 321 g/mol. The fourth-order valence-corrected chi connectivity index (χ4v) is 4.52. The zero-order valence-corrected chi connectivity index (χ0v) is 12.1. The maximum atomic E-state index is 12.6. The summed E-state index contributed by atoms with van der Waals surface area (Å²) in [6.07, 6.45) is -4.58. The Labute approximate surface area is 120 Å². The van der Waals surface area contributed by atoms with E-state index in [0.29, 0.717) is 19.2 Å². The molecule has 116 valence electrons. The molecule has 0 aromatic carbocycles. The number of sulfonamides is 1. The van der Waals surface area contributed by atoms with Crippen LogP contribution in [0.1, 0.15) is 11.4 Å². The Balaban J connectivity index is 1.86. The molecule has 2 aliphatic heterocycles. The van der Waals surface area contributed by atoms with Crippen LogP contribution >= 0.6 is 0 Å². The third kappa shape index (κ3) is 2.33. The van der Waals surface area contributed by atoms with E-state index < -0.39 is 21.9 Å². The van der Waals surface area contributed by atoms with Gasteiger partial charge >= 0.3 is 6.18 Å². The molecule has 1 N–H and O–H groups in total. The number of aryl methyl sites for hydroxylation is 1. The molecule has 0 amide bonds. The van der Waals surface area contributed by atoms with Crippen LogP contribution in [-0.4, -0.2) is 43.9 Å². The van der Waals surface area contributed by atoms with Crippen molar-refractivity contribution in [2.24, 2.45) is 5.41 Å². The molecule has 21 heavy (non-hydrogen) atoms. The first-order valence-electron chi connectivity index (χ1n) is 6.40. The molecule has 1 aromatic rings. The van der Waals surface area contributed by atoms with Crippen LogP contribution < -0.4 is 5.32 Å². The van der Waals surface area contributed by atoms with E-state index in [-0.39, 0.29) is 16.0 Å². The van der Waals surface area contributed by atoms with Gasteiger partial charge < -0.3 is 5.32 Å². The van der Waals surface area contributed by atoms with Gasteiger partial charge in [-0.25, -0.2) is 13.4 Å². The van der Waals surface area contributed by atoms with Gasteiger partial charge in [0.05, 0.1) is 5.69 Å².